The van der Waals surface area contributed by atoms with E-state index in [-0.39, 0.29) is 5.41 Å². The SMILES string of the molecule is CCCCCCC(COCC)(COCC)C(C)C. The molecule has 0 heterocycles. The number of ether oxygens (including phenoxy) is 2. The predicted octanol–water partition coefficient (Wildman–Crippen LogP) is 4.67. The van der Waals surface area contributed by atoms with Crippen LogP contribution in [0.5, 0.6) is 0 Å². The zero-order chi connectivity index (χ0) is 13.9. The Morgan fingerprint density at radius 2 is 1.39 bits per heavy atom. The van der Waals surface area contributed by atoms with Crippen molar-refractivity contribution in [3.63, 3.8) is 0 Å². The average molecular weight is 258 g/mol. The van der Waals surface area contributed by atoms with Gasteiger partial charge in [-0.2, -0.15) is 0 Å². The normalized spacial score (nSPS) is 12.3. The fourth-order valence-corrected chi connectivity index (χ4v) is 2.32. The van der Waals surface area contributed by atoms with E-state index in [4.69, 9.17) is 9.47 Å². The van der Waals surface area contributed by atoms with Crippen LogP contribution in [0, 0.1) is 11.3 Å². The summed E-state index contributed by atoms with van der Waals surface area (Å²) in [6, 6.07) is 0. The summed E-state index contributed by atoms with van der Waals surface area (Å²) in [5.41, 5.74) is 0.208. The van der Waals surface area contributed by atoms with Crippen LogP contribution in [-0.2, 0) is 9.47 Å². The topological polar surface area (TPSA) is 18.5 Å². The molecule has 0 unspecified atom stereocenters. The van der Waals surface area contributed by atoms with Gasteiger partial charge in [0.1, 0.15) is 0 Å². The molecule has 0 rings (SSSR count). The molecule has 0 bridgehead atoms. The van der Waals surface area contributed by atoms with Crippen LogP contribution in [0.2, 0.25) is 0 Å². The molecule has 2 nitrogen and oxygen atoms in total. The van der Waals surface area contributed by atoms with Crippen LogP contribution in [0.4, 0.5) is 0 Å². The second-order valence-corrected chi connectivity index (χ2v) is 5.60. The highest BCUT2D eigenvalue weighted by atomic mass is 16.5. The van der Waals surface area contributed by atoms with Crippen LogP contribution >= 0.6 is 0 Å². The lowest BCUT2D eigenvalue weighted by atomic mass is 9.74. The van der Waals surface area contributed by atoms with E-state index in [1.807, 2.05) is 0 Å². The first kappa shape index (κ1) is 17.9. The quantitative estimate of drug-likeness (QED) is 0.473. The molecule has 18 heavy (non-hydrogen) atoms. The summed E-state index contributed by atoms with van der Waals surface area (Å²) in [6.07, 6.45) is 6.50. The Balaban J connectivity index is 4.40. The summed E-state index contributed by atoms with van der Waals surface area (Å²) in [5.74, 6) is 0.609. The van der Waals surface area contributed by atoms with E-state index in [1.165, 1.54) is 32.1 Å². The monoisotopic (exact) mass is 258 g/mol. The zero-order valence-corrected chi connectivity index (χ0v) is 13.3. The van der Waals surface area contributed by atoms with Crippen molar-refractivity contribution in [1.29, 1.82) is 0 Å². The minimum absolute atomic E-state index is 0.208. The lowest BCUT2D eigenvalue weighted by Gasteiger charge is -2.37. The molecule has 0 spiro atoms. The van der Waals surface area contributed by atoms with Gasteiger partial charge in [0, 0.05) is 18.6 Å². The lowest BCUT2D eigenvalue weighted by molar-refractivity contribution is -0.0493. The molecule has 0 aromatic carbocycles. The molecule has 0 aliphatic heterocycles. The van der Waals surface area contributed by atoms with Gasteiger partial charge >= 0.3 is 0 Å². The molecular formula is C16H34O2. The highest BCUT2D eigenvalue weighted by Gasteiger charge is 2.33. The Kier molecular flexibility index (Phi) is 10.8. The number of unbranched alkanes of at least 4 members (excludes halogenated alkanes) is 3. The molecule has 0 saturated carbocycles. The highest BCUT2D eigenvalue weighted by molar-refractivity contribution is 4.82. The molecule has 2 heteroatoms. The average Bonchev–Trinajstić information content (AvgIpc) is 2.37. The first-order chi connectivity index (χ1) is 8.63. The van der Waals surface area contributed by atoms with Crippen molar-refractivity contribution >= 4 is 0 Å². The molecule has 0 aromatic heterocycles. The van der Waals surface area contributed by atoms with Crippen molar-refractivity contribution < 1.29 is 9.47 Å². The standard InChI is InChI=1S/C16H34O2/c1-6-9-10-11-12-16(15(4)5,13-17-7-2)14-18-8-3/h15H,6-14H2,1-5H3. The predicted molar refractivity (Wildman–Crippen MR) is 79.0 cm³/mol. The molecule has 0 N–H and O–H groups in total. The van der Waals surface area contributed by atoms with E-state index in [9.17, 15) is 0 Å². The van der Waals surface area contributed by atoms with Crippen LogP contribution in [0.1, 0.15) is 66.7 Å². The van der Waals surface area contributed by atoms with Crippen molar-refractivity contribution in [3.05, 3.63) is 0 Å². The summed E-state index contributed by atoms with van der Waals surface area (Å²) < 4.78 is 11.5. The van der Waals surface area contributed by atoms with E-state index in [2.05, 4.69) is 34.6 Å². The molecule has 0 fully saturated rings. The van der Waals surface area contributed by atoms with Crippen molar-refractivity contribution in [1.82, 2.24) is 0 Å². The molecule has 0 atom stereocenters. The maximum absolute atomic E-state index is 5.73. The molecular weight excluding hydrogens is 224 g/mol. The lowest BCUT2D eigenvalue weighted by Crippen LogP contribution is -2.37. The minimum atomic E-state index is 0.208. The van der Waals surface area contributed by atoms with Gasteiger partial charge in [-0.05, 0) is 26.2 Å². The van der Waals surface area contributed by atoms with Crippen LogP contribution in [0.3, 0.4) is 0 Å². The third-order valence-electron chi connectivity index (χ3n) is 3.94. The van der Waals surface area contributed by atoms with Gasteiger partial charge in [-0.25, -0.2) is 0 Å². The summed E-state index contributed by atoms with van der Waals surface area (Å²) >= 11 is 0. The second kappa shape index (κ2) is 10.8. The zero-order valence-electron chi connectivity index (χ0n) is 13.3. The van der Waals surface area contributed by atoms with Crippen molar-refractivity contribution in [2.24, 2.45) is 11.3 Å². The van der Waals surface area contributed by atoms with Crippen LogP contribution in [0.25, 0.3) is 0 Å². The Morgan fingerprint density at radius 3 is 1.78 bits per heavy atom. The number of hydrogen-bond acceptors (Lipinski definition) is 2. The van der Waals surface area contributed by atoms with Crippen LogP contribution in [0.15, 0.2) is 0 Å². The first-order valence-electron chi connectivity index (χ1n) is 7.78. The van der Waals surface area contributed by atoms with Crippen molar-refractivity contribution in [2.75, 3.05) is 26.4 Å². The van der Waals surface area contributed by atoms with Gasteiger partial charge in [-0.3, -0.25) is 0 Å². The van der Waals surface area contributed by atoms with Gasteiger partial charge in [-0.15, -0.1) is 0 Å². The highest BCUT2D eigenvalue weighted by Crippen LogP contribution is 2.34. The first-order valence-corrected chi connectivity index (χ1v) is 7.78. The van der Waals surface area contributed by atoms with Gasteiger partial charge in [-0.1, -0.05) is 46.5 Å². The third-order valence-corrected chi connectivity index (χ3v) is 3.94. The maximum atomic E-state index is 5.73. The summed E-state index contributed by atoms with van der Waals surface area (Å²) in [5, 5.41) is 0. The molecule has 0 saturated heterocycles. The summed E-state index contributed by atoms with van der Waals surface area (Å²) in [6.45, 7) is 14.3. The van der Waals surface area contributed by atoms with Crippen molar-refractivity contribution in [3.8, 4) is 0 Å². The van der Waals surface area contributed by atoms with Gasteiger partial charge in [0.15, 0.2) is 0 Å². The fourth-order valence-electron chi connectivity index (χ4n) is 2.32. The number of rotatable bonds is 12. The van der Waals surface area contributed by atoms with E-state index < -0.39 is 0 Å². The minimum Gasteiger partial charge on any atom is -0.381 e. The number of hydrogen-bond donors (Lipinski definition) is 0. The summed E-state index contributed by atoms with van der Waals surface area (Å²) in [4.78, 5) is 0. The second-order valence-electron chi connectivity index (χ2n) is 5.60. The maximum Gasteiger partial charge on any atom is 0.0546 e. The van der Waals surface area contributed by atoms with E-state index in [0.717, 1.165) is 26.4 Å². The van der Waals surface area contributed by atoms with Crippen molar-refractivity contribution in [2.45, 2.75) is 66.7 Å². The molecule has 0 radical (unpaired) electrons. The molecule has 0 aliphatic rings. The van der Waals surface area contributed by atoms with E-state index >= 15 is 0 Å². The third kappa shape index (κ3) is 6.75. The molecule has 110 valence electrons. The van der Waals surface area contributed by atoms with Gasteiger partial charge in [0.25, 0.3) is 0 Å². The van der Waals surface area contributed by atoms with Gasteiger partial charge in [0.2, 0.25) is 0 Å². The smallest absolute Gasteiger partial charge is 0.0546 e. The van der Waals surface area contributed by atoms with Crippen LogP contribution < -0.4 is 0 Å². The fraction of sp³-hybridized carbons (Fsp3) is 1.00. The Hall–Kier alpha value is -0.0800. The van der Waals surface area contributed by atoms with E-state index in [0.29, 0.717) is 5.92 Å². The largest absolute Gasteiger partial charge is 0.381 e. The Morgan fingerprint density at radius 1 is 0.833 bits per heavy atom. The molecule has 0 aromatic rings. The van der Waals surface area contributed by atoms with Gasteiger partial charge < -0.3 is 9.47 Å². The van der Waals surface area contributed by atoms with Crippen LogP contribution in [-0.4, -0.2) is 26.4 Å². The Bertz CT molecular complexity index is 170. The molecule has 0 aliphatic carbocycles. The van der Waals surface area contributed by atoms with E-state index in [1.54, 1.807) is 0 Å². The van der Waals surface area contributed by atoms with Gasteiger partial charge in [0.05, 0.1) is 13.2 Å². The summed E-state index contributed by atoms with van der Waals surface area (Å²) in [7, 11) is 0. The Labute approximate surface area is 114 Å². The molecule has 0 amide bonds.